The predicted octanol–water partition coefficient (Wildman–Crippen LogP) is 3.10. The van der Waals surface area contributed by atoms with Crippen LogP contribution in [-0.4, -0.2) is 17.4 Å². The summed E-state index contributed by atoms with van der Waals surface area (Å²) in [4.78, 5) is 17.2. The normalized spacial score (nSPS) is 10.4. The van der Waals surface area contributed by atoms with Crippen LogP contribution in [0, 0.1) is 6.92 Å². The number of rotatable bonds is 7. The Morgan fingerprint density at radius 1 is 1.33 bits per heavy atom. The number of hydrogen-bond acceptors (Lipinski definition) is 4. The third-order valence-electron chi connectivity index (χ3n) is 2.94. The second-order valence-electron chi connectivity index (χ2n) is 4.74. The summed E-state index contributed by atoms with van der Waals surface area (Å²) >= 11 is 1.54. The van der Waals surface area contributed by atoms with Gasteiger partial charge in [-0.25, -0.2) is 4.98 Å². The molecule has 1 N–H and O–H groups in total. The monoisotopic (exact) mass is 304 g/mol. The topological polar surface area (TPSA) is 51.2 Å². The lowest BCUT2D eigenvalue weighted by Crippen LogP contribution is -2.25. The number of hydrogen-bond donors (Lipinski definition) is 1. The molecule has 4 nitrogen and oxygen atoms in total. The molecule has 0 aliphatic heterocycles. The van der Waals surface area contributed by atoms with Gasteiger partial charge in [0.05, 0.1) is 12.1 Å². The molecule has 0 bridgehead atoms. The molecule has 0 saturated heterocycles. The standard InChI is InChI=1S/C16H20N2O2S/c1-3-9-17-15(19)10-14-12(2)18-16(21-14)11-20-13-7-5-4-6-8-13/h4-8H,3,9-11H2,1-2H3,(H,17,19). The molecule has 0 saturated carbocycles. The van der Waals surface area contributed by atoms with Gasteiger partial charge in [0.1, 0.15) is 17.4 Å². The molecule has 0 radical (unpaired) electrons. The van der Waals surface area contributed by atoms with Gasteiger partial charge in [0.25, 0.3) is 0 Å². The molecule has 0 atom stereocenters. The first kappa shape index (κ1) is 15.5. The third-order valence-corrected chi connectivity index (χ3v) is 4.07. The van der Waals surface area contributed by atoms with Crippen molar-refractivity contribution >= 4 is 17.2 Å². The van der Waals surface area contributed by atoms with Crippen LogP contribution < -0.4 is 10.1 Å². The molecule has 2 aromatic rings. The van der Waals surface area contributed by atoms with E-state index in [0.717, 1.165) is 34.3 Å². The Morgan fingerprint density at radius 3 is 2.81 bits per heavy atom. The molecule has 1 amide bonds. The van der Waals surface area contributed by atoms with Gasteiger partial charge >= 0.3 is 0 Å². The zero-order valence-corrected chi connectivity index (χ0v) is 13.2. The summed E-state index contributed by atoms with van der Waals surface area (Å²) in [6, 6.07) is 9.66. The molecule has 5 heteroatoms. The van der Waals surface area contributed by atoms with Gasteiger partial charge in [-0.05, 0) is 25.5 Å². The van der Waals surface area contributed by atoms with Crippen molar-refractivity contribution in [2.24, 2.45) is 0 Å². The van der Waals surface area contributed by atoms with Crippen LogP contribution in [0.3, 0.4) is 0 Å². The molecule has 1 aromatic heterocycles. The fourth-order valence-corrected chi connectivity index (χ4v) is 2.83. The molecule has 0 spiro atoms. The summed E-state index contributed by atoms with van der Waals surface area (Å²) in [5, 5.41) is 3.78. The predicted molar refractivity (Wildman–Crippen MR) is 84.6 cm³/mol. The summed E-state index contributed by atoms with van der Waals surface area (Å²) in [6.45, 7) is 5.13. The minimum atomic E-state index is 0.0547. The Bertz CT molecular complexity index is 581. The summed E-state index contributed by atoms with van der Waals surface area (Å²) in [7, 11) is 0. The van der Waals surface area contributed by atoms with Crippen molar-refractivity contribution in [3.8, 4) is 5.75 Å². The molecular weight excluding hydrogens is 284 g/mol. The lowest BCUT2D eigenvalue weighted by Gasteiger charge is -2.02. The minimum absolute atomic E-state index is 0.0547. The van der Waals surface area contributed by atoms with Gasteiger partial charge in [0, 0.05) is 11.4 Å². The van der Waals surface area contributed by atoms with Gasteiger partial charge in [-0.3, -0.25) is 4.79 Å². The zero-order valence-electron chi connectivity index (χ0n) is 12.4. The van der Waals surface area contributed by atoms with Crippen molar-refractivity contribution in [2.75, 3.05) is 6.54 Å². The average Bonchev–Trinajstić information content (AvgIpc) is 2.84. The molecule has 0 fully saturated rings. The number of nitrogens with zero attached hydrogens (tertiary/aromatic N) is 1. The number of para-hydroxylation sites is 1. The van der Waals surface area contributed by atoms with Crippen LogP contribution in [0.1, 0.15) is 28.9 Å². The molecule has 21 heavy (non-hydrogen) atoms. The highest BCUT2D eigenvalue weighted by atomic mass is 32.1. The van der Waals surface area contributed by atoms with Crippen LogP contribution >= 0.6 is 11.3 Å². The number of thiazole rings is 1. The van der Waals surface area contributed by atoms with E-state index in [1.807, 2.05) is 44.2 Å². The summed E-state index contributed by atoms with van der Waals surface area (Å²) in [5.74, 6) is 0.881. The van der Waals surface area contributed by atoms with E-state index >= 15 is 0 Å². The van der Waals surface area contributed by atoms with Crippen molar-refractivity contribution in [1.29, 1.82) is 0 Å². The molecule has 1 aromatic carbocycles. The Hall–Kier alpha value is -1.88. The highest BCUT2D eigenvalue weighted by molar-refractivity contribution is 7.11. The van der Waals surface area contributed by atoms with Crippen LogP contribution in [-0.2, 0) is 17.8 Å². The molecular formula is C16H20N2O2S. The fourth-order valence-electron chi connectivity index (χ4n) is 1.85. The first-order chi connectivity index (χ1) is 10.2. The number of amides is 1. The van der Waals surface area contributed by atoms with Crippen LogP contribution in [0.5, 0.6) is 5.75 Å². The van der Waals surface area contributed by atoms with Crippen LogP contribution in [0.15, 0.2) is 30.3 Å². The van der Waals surface area contributed by atoms with E-state index in [-0.39, 0.29) is 5.91 Å². The smallest absolute Gasteiger partial charge is 0.225 e. The van der Waals surface area contributed by atoms with E-state index in [1.54, 1.807) is 11.3 Å². The second-order valence-corrected chi connectivity index (χ2v) is 5.91. The molecule has 0 unspecified atom stereocenters. The van der Waals surface area contributed by atoms with E-state index in [9.17, 15) is 4.79 Å². The summed E-state index contributed by atoms with van der Waals surface area (Å²) in [5.41, 5.74) is 0.915. The Balaban J connectivity index is 1.91. The number of benzene rings is 1. The maximum Gasteiger partial charge on any atom is 0.225 e. The number of carbonyl (C=O) groups is 1. The van der Waals surface area contributed by atoms with E-state index in [0.29, 0.717) is 13.0 Å². The summed E-state index contributed by atoms with van der Waals surface area (Å²) < 4.78 is 5.68. The van der Waals surface area contributed by atoms with Crippen LogP contribution in [0.4, 0.5) is 0 Å². The zero-order chi connectivity index (χ0) is 15.1. The number of nitrogens with one attached hydrogen (secondary N) is 1. The van der Waals surface area contributed by atoms with E-state index in [2.05, 4.69) is 10.3 Å². The van der Waals surface area contributed by atoms with Gasteiger partial charge in [-0.1, -0.05) is 25.1 Å². The van der Waals surface area contributed by atoms with E-state index in [1.165, 1.54) is 0 Å². The first-order valence-electron chi connectivity index (χ1n) is 7.08. The second kappa shape index (κ2) is 7.78. The fraction of sp³-hybridized carbons (Fsp3) is 0.375. The van der Waals surface area contributed by atoms with Crippen molar-refractivity contribution in [1.82, 2.24) is 10.3 Å². The quantitative estimate of drug-likeness (QED) is 0.855. The van der Waals surface area contributed by atoms with Gasteiger partial charge in [0.15, 0.2) is 0 Å². The SMILES string of the molecule is CCCNC(=O)Cc1sc(COc2ccccc2)nc1C. The van der Waals surface area contributed by atoms with Gasteiger partial charge in [-0.2, -0.15) is 0 Å². The molecule has 2 rings (SSSR count). The van der Waals surface area contributed by atoms with E-state index in [4.69, 9.17) is 4.74 Å². The maximum absolute atomic E-state index is 11.7. The van der Waals surface area contributed by atoms with Crippen molar-refractivity contribution in [2.45, 2.75) is 33.3 Å². The van der Waals surface area contributed by atoms with Crippen molar-refractivity contribution < 1.29 is 9.53 Å². The lowest BCUT2D eigenvalue weighted by molar-refractivity contribution is -0.120. The first-order valence-corrected chi connectivity index (χ1v) is 7.90. The van der Waals surface area contributed by atoms with Crippen LogP contribution in [0.25, 0.3) is 0 Å². The highest BCUT2D eigenvalue weighted by Gasteiger charge is 2.11. The van der Waals surface area contributed by atoms with Crippen LogP contribution in [0.2, 0.25) is 0 Å². The number of aryl methyl sites for hydroxylation is 1. The Morgan fingerprint density at radius 2 is 2.10 bits per heavy atom. The van der Waals surface area contributed by atoms with Gasteiger partial charge < -0.3 is 10.1 Å². The van der Waals surface area contributed by atoms with Crippen molar-refractivity contribution in [3.05, 3.63) is 45.9 Å². The average molecular weight is 304 g/mol. The number of carbonyl (C=O) groups excluding carboxylic acids is 1. The Kier molecular flexibility index (Phi) is 5.75. The van der Waals surface area contributed by atoms with Crippen molar-refractivity contribution in [3.63, 3.8) is 0 Å². The number of ether oxygens (including phenoxy) is 1. The molecule has 112 valence electrons. The lowest BCUT2D eigenvalue weighted by atomic mass is 10.3. The minimum Gasteiger partial charge on any atom is -0.486 e. The summed E-state index contributed by atoms with van der Waals surface area (Å²) in [6.07, 6.45) is 1.35. The Labute approximate surface area is 129 Å². The molecule has 1 heterocycles. The third kappa shape index (κ3) is 4.86. The number of aromatic nitrogens is 1. The van der Waals surface area contributed by atoms with Gasteiger partial charge in [-0.15, -0.1) is 11.3 Å². The maximum atomic E-state index is 11.7. The van der Waals surface area contributed by atoms with Gasteiger partial charge in [0.2, 0.25) is 5.91 Å². The largest absolute Gasteiger partial charge is 0.486 e. The highest BCUT2D eigenvalue weighted by Crippen LogP contribution is 2.20. The van der Waals surface area contributed by atoms with E-state index < -0.39 is 0 Å². The molecule has 0 aliphatic carbocycles. The molecule has 0 aliphatic rings.